The molecule has 1 fully saturated rings. The molecule has 1 aromatic carbocycles. The topological polar surface area (TPSA) is 101 Å². The van der Waals surface area contributed by atoms with Gasteiger partial charge in [0.1, 0.15) is 35.0 Å². The molecule has 5 rings (SSSR count). The number of hydrogen-bond donors (Lipinski definition) is 3. The Hall–Kier alpha value is -3.08. The molecule has 8 nitrogen and oxygen atoms in total. The molecule has 0 aliphatic heterocycles. The van der Waals surface area contributed by atoms with E-state index in [0.717, 1.165) is 42.2 Å². The quantitative estimate of drug-likeness (QED) is 0.329. The normalized spacial score (nSPS) is 20.6. The van der Waals surface area contributed by atoms with Crippen LogP contribution in [0, 0.1) is 6.92 Å². The number of benzene rings is 1. The van der Waals surface area contributed by atoms with E-state index >= 15 is 0 Å². The number of fused-ring (bicyclic) bond motifs is 2. The lowest BCUT2D eigenvalue weighted by atomic mass is 9.52. The molecule has 1 aliphatic rings. The Morgan fingerprint density at radius 1 is 1.24 bits per heavy atom. The third-order valence-electron chi connectivity index (χ3n) is 6.87. The second-order valence-electron chi connectivity index (χ2n) is 11.3. The van der Waals surface area contributed by atoms with Gasteiger partial charge in [-0.05, 0) is 57.2 Å². The fourth-order valence-electron chi connectivity index (χ4n) is 5.00. The molecule has 3 heterocycles. The summed E-state index contributed by atoms with van der Waals surface area (Å²) in [5.41, 5.74) is 2.96. The van der Waals surface area contributed by atoms with Crippen LogP contribution in [0.15, 0.2) is 24.4 Å². The first-order chi connectivity index (χ1) is 17.4. The molecule has 3 N–H and O–H groups in total. The minimum Gasteiger partial charge on any atom is -0.498 e. The third-order valence-corrected chi connectivity index (χ3v) is 6.87. The zero-order valence-corrected chi connectivity index (χ0v) is 21.9. The number of aryl methyl sites for hydroxylation is 1. The van der Waals surface area contributed by atoms with Gasteiger partial charge in [-0.3, -0.25) is 0 Å². The molecule has 13 heteroatoms. The maximum Gasteiger partial charge on any atom is 0.256 e. The molecule has 1 aliphatic carbocycles. The molecule has 192 valence electrons. The summed E-state index contributed by atoms with van der Waals surface area (Å²) in [4.78, 5) is 17.2. The number of hydrogen-bond acceptors (Lipinski definition) is 6. The minimum absolute atomic E-state index is 0.162. The first-order valence-corrected chi connectivity index (χ1v) is 12.7. The van der Waals surface area contributed by atoms with Crippen molar-refractivity contribution in [3.63, 3.8) is 0 Å². The van der Waals surface area contributed by atoms with Gasteiger partial charge in [-0.25, -0.2) is 13.8 Å². The monoisotopic (exact) mass is 506 g/mol. The molecule has 0 unspecified atom stereocenters. The summed E-state index contributed by atoms with van der Waals surface area (Å²) in [6.07, 6.45) is 2.45. The number of rotatable bonds is 7. The maximum absolute atomic E-state index is 13.2. The Bertz CT molecular complexity index is 1440. The molecule has 0 saturated heterocycles. The Labute approximate surface area is 216 Å². The fourth-order valence-corrected chi connectivity index (χ4v) is 5.00. The van der Waals surface area contributed by atoms with Crippen LogP contribution >= 0.6 is 0 Å². The van der Waals surface area contributed by atoms with Gasteiger partial charge in [0.2, 0.25) is 11.8 Å². The highest BCUT2D eigenvalue weighted by atomic mass is 19.3. The van der Waals surface area contributed by atoms with Crippen LogP contribution < -0.4 is 10.1 Å². The van der Waals surface area contributed by atoms with Crippen LogP contribution in [-0.4, -0.2) is 76.5 Å². The first kappa shape index (κ1) is 25.6. The van der Waals surface area contributed by atoms with Gasteiger partial charge in [0.15, 0.2) is 0 Å². The number of nitrogens with one attached hydrogen (secondary N) is 2. The second-order valence-corrected chi connectivity index (χ2v) is 11.3. The molecular weight excluding hydrogens is 475 g/mol. The minimum atomic E-state index is -2.48. The highest BCUT2D eigenvalue weighted by Crippen LogP contribution is 2.37. The molecule has 0 spiro atoms. The summed E-state index contributed by atoms with van der Waals surface area (Å²) < 4.78 is 34.3. The second kappa shape index (κ2) is 9.34. The van der Waals surface area contributed by atoms with Crippen molar-refractivity contribution in [2.75, 3.05) is 5.32 Å². The zero-order valence-electron chi connectivity index (χ0n) is 21.9. The summed E-state index contributed by atoms with van der Waals surface area (Å²) in [5, 5.41) is 13.9. The Kier molecular flexibility index (Phi) is 6.46. The number of aromatic amines is 1. The lowest BCUT2D eigenvalue weighted by Gasteiger charge is -2.33. The SMILES string of the molecule is BC(B)(B)Oc1nc(N[C@H]2CC[C@@](C)(O)CC2)nc2[nH]cc(-c3ccc4nc(C)n(CC(F)F)c4c3)c12. The molecule has 0 amide bonds. The maximum atomic E-state index is 13.2. The number of H-pyrrole nitrogens is 1. The van der Waals surface area contributed by atoms with Crippen molar-refractivity contribution in [2.45, 2.75) is 69.4 Å². The number of halogens is 2. The van der Waals surface area contributed by atoms with Crippen LogP contribution in [0.5, 0.6) is 5.88 Å². The smallest absolute Gasteiger partial charge is 0.256 e. The number of alkyl halides is 2. The van der Waals surface area contributed by atoms with Crippen LogP contribution in [0.25, 0.3) is 33.2 Å². The van der Waals surface area contributed by atoms with Gasteiger partial charge in [0, 0.05) is 23.1 Å². The zero-order chi connectivity index (χ0) is 26.5. The average Bonchev–Trinajstić information content (AvgIpc) is 3.35. The van der Waals surface area contributed by atoms with Gasteiger partial charge < -0.3 is 24.7 Å². The summed E-state index contributed by atoms with van der Waals surface area (Å²) in [6.45, 7) is 3.20. The first-order valence-electron chi connectivity index (χ1n) is 12.7. The van der Waals surface area contributed by atoms with Crippen molar-refractivity contribution in [2.24, 2.45) is 0 Å². The number of imidazole rings is 1. The number of aliphatic hydroxyl groups is 1. The van der Waals surface area contributed by atoms with Crippen molar-refractivity contribution in [1.82, 2.24) is 24.5 Å². The van der Waals surface area contributed by atoms with Gasteiger partial charge in [0.25, 0.3) is 6.43 Å². The fraction of sp³-hybridized carbons (Fsp3) is 0.458. The standard InChI is InChI=1S/C24H31B3F2N6O2/c1-12-31-16-4-3-13(9-17(16)35(12)11-18(28)29)15-10-30-20-19(15)21(37-24(25,26)27)34-22(33-20)32-14-5-7-23(2,36)8-6-14/h3-4,9-10,14,18,36H,5-8,11,25-27H2,1-2H3,(H2,30,32,33,34)/t14-,23+. The molecule has 0 bridgehead atoms. The lowest BCUT2D eigenvalue weighted by molar-refractivity contribution is 0.0195. The Morgan fingerprint density at radius 2 is 1.97 bits per heavy atom. The predicted molar refractivity (Wildman–Crippen MR) is 149 cm³/mol. The Balaban J connectivity index is 1.56. The summed E-state index contributed by atoms with van der Waals surface area (Å²) >= 11 is 0. The summed E-state index contributed by atoms with van der Waals surface area (Å²) in [7, 11) is 5.88. The highest BCUT2D eigenvalue weighted by Gasteiger charge is 2.29. The van der Waals surface area contributed by atoms with Crippen molar-refractivity contribution in [1.29, 1.82) is 0 Å². The van der Waals surface area contributed by atoms with Gasteiger partial charge in [-0.15, -0.1) is 0 Å². The van der Waals surface area contributed by atoms with Crippen molar-refractivity contribution >= 4 is 51.6 Å². The van der Waals surface area contributed by atoms with E-state index in [2.05, 4.69) is 15.3 Å². The van der Waals surface area contributed by atoms with E-state index in [1.165, 1.54) is 0 Å². The van der Waals surface area contributed by atoms with Crippen molar-refractivity contribution in [3.05, 3.63) is 30.2 Å². The van der Waals surface area contributed by atoms with E-state index in [-0.39, 0.29) is 6.04 Å². The van der Waals surface area contributed by atoms with E-state index in [1.54, 1.807) is 11.5 Å². The van der Waals surface area contributed by atoms with Crippen LogP contribution in [-0.2, 0) is 6.54 Å². The van der Waals surface area contributed by atoms with Crippen LogP contribution in [0.4, 0.5) is 14.7 Å². The van der Waals surface area contributed by atoms with Gasteiger partial charge in [-0.1, -0.05) is 6.07 Å². The largest absolute Gasteiger partial charge is 0.498 e. The highest BCUT2D eigenvalue weighted by molar-refractivity contribution is 6.58. The van der Waals surface area contributed by atoms with Gasteiger partial charge in [-0.2, -0.15) is 9.97 Å². The van der Waals surface area contributed by atoms with E-state index < -0.39 is 23.9 Å². The number of aromatic nitrogens is 5. The van der Waals surface area contributed by atoms with Gasteiger partial charge >= 0.3 is 0 Å². The van der Waals surface area contributed by atoms with Crippen LogP contribution in [0.2, 0.25) is 0 Å². The summed E-state index contributed by atoms with van der Waals surface area (Å²) in [6, 6.07) is 5.81. The summed E-state index contributed by atoms with van der Waals surface area (Å²) in [5.74, 6) is 1.45. The van der Waals surface area contributed by atoms with E-state index in [9.17, 15) is 13.9 Å². The number of ether oxygens (including phenoxy) is 1. The van der Waals surface area contributed by atoms with E-state index in [1.807, 2.05) is 54.9 Å². The average molecular weight is 506 g/mol. The van der Waals surface area contributed by atoms with Crippen LogP contribution in [0.3, 0.4) is 0 Å². The van der Waals surface area contributed by atoms with Crippen LogP contribution in [0.1, 0.15) is 38.4 Å². The molecule has 4 aromatic rings. The molecule has 37 heavy (non-hydrogen) atoms. The Morgan fingerprint density at radius 3 is 2.65 bits per heavy atom. The molecule has 1 saturated carbocycles. The van der Waals surface area contributed by atoms with Gasteiger partial charge in [0.05, 0.1) is 28.6 Å². The van der Waals surface area contributed by atoms with E-state index in [0.29, 0.717) is 34.3 Å². The molecule has 0 atom stereocenters. The third kappa shape index (κ3) is 5.46. The molecular formula is C24H31B3F2N6O2. The van der Waals surface area contributed by atoms with Crippen molar-refractivity contribution < 1.29 is 18.6 Å². The lowest BCUT2D eigenvalue weighted by Crippen LogP contribution is -2.38. The predicted octanol–water partition coefficient (Wildman–Crippen LogP) is 1.54. The van der Waals surface area contributed by atoms with E-state index in [4.69, 9.17) is 14.7 Å². The molecule has 0 radical (unpaired) electrons. The number of nitrogens with zero attached hydrogens (tertiary/aromatic N) is 4. The number of anilines is 1. The van der Waals surface area contributed by atoms with Crippen molar-refractivity contribution in [3.8, 4) is 17.0 Å². The molecule has 3 aromatic heterocycles.